The molecule has 0 radical (unpaired) electrons. The van der Waals surface area contributed by atoms with E-state index in [0.29, 0.717) is 29.7 Å². The summed E-state index contributed by atoms with van der Waals surface area (Å²) in [4.78, 5) is 43.6. The number of anilines is 1. The van der Waals surface area contributed by atoms with Gasteiger partial charge in [0.05, 0.1) is 21.6 Å². The van der Waals surface area contributed by atoms with E-state index in [2.05, 4.69) is 49.0 Å². The predicted octanol–water partition coefficient (Wildman–Crippen LogP) is 2.55. The Morgan fingerprint density at radius 3 is 2.35 bits per heavy atom. The number of hydrogen-bond acceptors (Lipinski definition) is 8. The minimum absolute atomic E-state index is 0.0772. The van der Waals surface area contributed by atoms with Gasteiger partial charge in [0, 0.05) is 12.2 Å². The second-order valence-corrected chi connectivity index (χ2v) is 10.1. The summed E-state index contributed by atoms with van der Waals surface area (Å²) in [6.45, 7) is 8.30. The number of aromatic amines is 2. The fraction of sp³-hybridized carbons (Fsp3) is 0.375. The molecule has 0 saturated heterocycles. The smallest absolute Gasteiger partial charge is 0.323 e. The number of sulfonamides is 1. The number of carbonyl (C=O) groups is 2. The van der Waals surface area contributed by atoms with Crippen LogP contribution in [-0.4, -0.2) is 67.2 Å². The molecule has 0 bridgehead atoms. The van der Waals surface area contributed by atoms with E-state index in [1.54, 1.807) is 18.2 Å². The molecule has 3 aromatic rings. The average Bonchev–Trinajstić information content (AvgIpc) is 3.23. The van der Waals surface area contributed by atoms with E-state index in [-0.39, 0.29) is 16.3 Å². The van der Waals surface area contributed by atoms with Crippen molar-refractivity contribution in [1.82, 2.24) is 19.6 Å². The number of hydrogen-bond donors (Lipinski definition) is 4. The van der Waals surface area contributed by atoms with E-state index in [1.807, 2.05) is 0 Å². The Kier molecular flexibility index (Phi) is 9.44. The van der Waals surface area contributed by atoms with E-state index in [1.165, 1.54) is 31.2 Å². The molecule has 13 heteroatoms. The molecule has 12 nitrogen and oxygen atoms in total. The third kappa shape index (κ3) is 7.65. The van der Waals surface area contributed by atoms with Crippen LogP contribution in [-0.2, 0) is 19.6 Å². The normalized spacial score (nSPS) is 12.9. The zero-order valence-electron chi connectivity index (χ0n) is 20.9. The second-order valence-electron chi connectivity index (χ2n) is 8.33. The Balaban J connectivity index is 1.62. The van der Waals surface area contributed by atoms with Gasteiger partial charge >= 0.3 is 5.69 Å². The number of nitrogens with one attached hydrogen (secondary N) is 4. The highest BCUT2D eigenvalue weighted by Crippen LogP contribution is 2.19. The number of imidazole rings is 1. The molecule has 0 aliphatic rings. The summed E-state index contributed by atoms with van der Waals surface area (Å²) in [7, 11) is -3.68. The third-order valence-corrected chi connectivity index (χ3v) is 7.17. The first-order valence-electron chi connectivity index (χ1n) is 11.9. The zero-order chi connectivity index (χ0) is 27.0. The Bertz CT molecular complexity index is 1420. The van der Waals surface area contributed by atoms with Crippen molar-refractivity contribution >= 4 is 44.1 Å². The topological polar surface area (TPSA) is 169 Å². The molecule has 1 heterocycles. The van der Waals surface area contributed by atoms with Gasteiger partial charge in [-0.05, 0) is 75.4 Å². The van der Waals surface area contributed by atoms with Crippen LogP contribution in [0.1, 0.15) is 27.2 Å². The van der Waals surface area contributed by atoms with Crippen LogP contribution in [0.2, 0.25) is 0 Å². The first kappa shape index (κ1) is 27.9. The van der Waals surface area contributed by atoms with E-state index < -0.39 is 27.8 Å². The van der Waals surface area contributed by atoms with Crippen LogP contribution in [0.25, 0.3) is 11.0 Å². The summed E-state index contributed by atoms with van der Waals surface area (Å²) in [5, 5.41) is 10.4. The van der Waals surface area contributed by atoms with Crippen molar-refractivity contribution in [2.45, 2.75) is 38.1 Å². The lowest BCUT2D eigenvalue weighted by atomic mass is 10.2. The summed E-state index contributed by atoms with van der Waals surface area (Å²) in [5.74, 6) is -1.22. The van der Waals surface area contributed by atoms with Gasteiger partial charge in [0.2, 0.25) is 16.1 Å². The Labute approximate surface area is 214 Å². The second kappa shape index (κ2) is 12.5. The first-order chi connectivity index (χ1) is 17.6. The molecular weight excluding hydrogens is 498 g/mol. The predicted molar refractivity (Wildman–Crippen MR) is 141 cm³/mol. The molecular formula is C24H31N7O5S. The van der Waals surface area contributed by atoms with E-state index >= 15 is 0 Å². The van der Waals surface area contributed by atoms with Gasteiger partial charge in [-0.15, -0.1) is 0 Å². The minimum atomic E-state index is -3.68. The van der Waals surface area contributed by atoms with Gasteiger partial charge in [-0.25, -0.2) is 17.9 Å². The monoisotopic (exact) mass is 529 g/mol. The fourth-order valence-electron chi connectivity index (χ4n) is 3.59. The fourth-order valence-corrected chi connectivity index (χ4v) is 4.66. The number of amides is 1. The number of ketones is 1. The molecule has 0 fully saturated rings. The summed E-state index contributed by atoms with van der Waals surface area (Å²) in [6, 6.07) is 9.00. The standard InChI is InChI=1S/C24H31N7O5S/c1-4-31(5-2)14-6-13-25-37(35,36)19-10-7-17(8-11-19)29-30-22(16(3)32)23(33)26-18-9-12-20-21(15-18)28-24(34)27-20/h7-12,15,22,25H,4-6,13-14H2,1-3H3,(H,26,33)(H2,27,28,34)/b30-29+. The highest BCUT2D eigenvalue weighted by atomic mass is 32.2. The number of azo groups is 1. The maximum atomic E-state index is 12.7. The molecule has 0 aliphatic carbocycles. The van der Waals surface area contributed by atoms with Crippen LogP contribution >= 0.6 is 0 Å². The van der Waals surface area contributed by atoms with Crippen molar-refractivity contribution in [2.75, 3.05) is 31.5 Å². The van der Waals surface area contributed by atoms with Crippen molar-refractivity contribution in [3.8, 4) is 0 Å². The van der Waals surface area contributed by atoms with E-state index in [0.717, 1.165) is 19.6 Å². The molecule has 37 heavy (non-hydrogen) atoms. The van der Waals surface area contributed by atoms with Crippen molar-refractivity contribution < 1.29 is 18.0 Å². The van der Waals surface area contributed by atoms with Gasteiger partial charge in [-0.2, -0.15) is 10.2 Å². The van der Waals surface area contributed by atoms with Gasteiger partial charge in [0.15, 0.2) is 5.78 Å². The molecule has 2 aromatic carbocycles. The Morgan fingerprint density at radius 2 is 1.70 bits per heavy atom. The number of aromatic nitrogens is 2. The number of H-pyrrole nitrogens is 2. The van der Waals surface area contributed by atoms with E-state index in [4.69, 9.17) is 0 Å². The summed E-state index contributed by atoms with van der Waals surface area (Å²) in [5.41, 5.74) is 1.35. The lowest BCUT2D eigenvalue weighted by Gasteiger charge is -2.17. The van der Waals surface area contributed by atoms with Crippen molar-refractivity contribution in [3.63, 3.8) is 0 Å². The molecule has 0 saturated carbocycles. The number of carbonyl (C=O) groups excluding carboxylic acids is 2. The number of rotatable bonds is 13. The summed E-state index contributed by atoms with van der Waals surface area (Å²) >= 11 is 0. The highest BCUT2D eigenvalue weighted by Gasteiger charge is 2.23. The largest absolute Gasteiger partial charge is 0.324 e. The molecule has 3 rings (SSSR count). The molecule has 1 atom stereocenters. The molecule has 1 amide bonds. The average molecular weight is 530 g/mol. The molecule has 0 aliphatic heterocycles. The number of Topliss-reactive ketones (excluding diaryl/α,β-unsaturated/α-hetero) is 1. The Hall–Kier alpha value is -3.68. The lowest BCUT2D eigenvalue weighted by molar-refractivity contribution is -0.126. The van der Waals surface area contributed by atoms with Crippen LogP contribution in [0.4, 0.5) is 11.4 Å². The number of fused-ring (bicyclic) bond motifs is 1. The van der Waals surface area contributed by atoms with Crippen molar-refractivity contribution in [2.24, 2.45) is 10.2 Å². The maximum Gasteiger partial charge on any atom is 0.323 e. The summed E-state index contributed by atoms with van der Waals surface area (Å²) in [6.07, 6.45) is 0.693. The molecule has 0 spiro atoms. The first-order valence-corrected chi connectivity index (χ1v) is 13.4. The zero-order valence-corrected chi connectivity index (χ0v) is 21.8. The third-order valence-electron chi connectivity index (χ3n) is 5.69. The highest BCUT2D eigenvalue weighted by molar-refractivity contribution is 7.89. The van der Waals surface area contributed by atoms with Crippen LogP contribution in [0.3, 0.4) is 0 Å². The van der Waals surface area contributed by atoms with Crippen LogP contribution < -0.4 is 15.7 Å². The quantitative estimate of drug-likeness (QED) is 0.151. The lowest BCUT2D eigenvalue weighted by Crippen LogP contribution is -2.31. The van der Waals surface area contributed by atoms with Gasteiger partial charge in [-0.1, -0.05) is 13.8 Å². The minimum Gasteiger partial charge on any atom is -0.324 e. The molecule has 4 N–H and O–H groups in total. The molecule has 1 unspecified atom stereocenters. The van der Waals surface area contributed by atoms with Crippen LogP contribution in [0.5, 0.6) is 0 Å². The van der Waals surface area contributed by atoms with Crippen molar-refractivity contribution in [1.29, 1.82) is 0 Å². The van der Waals surface area contributed by atoms with Crippen LogP contribution in [0.15, 0.2) is 62.4 Å². The molecule has 1 aromatic heterocycles. The number of nitrogens with zero attached hydrogens (tertiary/aromatic N) is 3. The summed E-state index contributed by atoms with van der Waals surface area (Å²) < 4.78 is 27.6. The maximum absolute atomic E-state index is 12.7. The van der Waals surface area contributed by atoms with E-state index in [9.17, 15) is 22.8 Å². The van der Waals surface area contributed by atoms with Crippen molar-refractivity contribution in [3.05, 3.63) is 52.9 Å². The van der Waals surface area contributed by atoms with Gasteiger partial charge in [-0.3, -0.25) is 9.59 Å². The van der Waals surface area contributed by atoms with Crippen LogP contribution in [0, 0.1) is 0 Å². The Morgan fingerprint density at radius 1 is 1.03 bits per heavy atom. The van der Waals surface area contributed by atoms with Gasteiger partial charge in [0.1, 0.15) is 0 Å². The van der Waals surface area contributed by atoms with Gasteiger partial charge < -0.3 is 20.2 Å². The van der Waals surface area contributed by atoms with Gasteiger partial charge in [0.25, 0.3) is 5.91 Å². The molecule has 198 valence electrons. The SMILES string of the molecule is CCN(CC)CCCNS(=O)(=O)c1ccc(/N=N/C(C(C)=O)C(=O)Nc2ccc3[nH]c(=O)[nH]c3c2)cc1. The number of benzene rings is 2.